The number of benzene rings is 2. The van der Waals surface area contributed by atoms with Gasteiger partial charge in [0.05, 0.1) is 4.92 Å². The Balaban J connectivity index is 2.26. The van der Waals surface area contributed by atoms with Crippen LogP contribution in [-0.2, 0) is 6.42 Å². The number of rotatable bonds is 5. The highest BCUT2D eigenvalue weighted by molar-refractivity contribution is 5.49. The van der Waals surface area contributed by atoms with Crippen LogP contribution in [0.15, 0.2) is 42.5 Å². The van der Waals surface area contributed by atoms with Gasteiger partial charge in [-0.15, -0.1) is 0 Å². The number of halogens is 1. The zero-order valence-electron chi connectivity index (χ0n) is 10.6. The Morgan fingerprint density at radius 1 is 1.20 bits per heavy atom. The fourth-order valence-corrected chi connectivity index (χ4v) is 1.77. The molecule has 2 aromatic rings. The van der Waals surface area contributed by atoms with E-state index in [1.807, 2.05) is 12.1 Å². The first-order valence-corrected chi connectivity index (χ1v) is 6.01. The van der Waals surface area contributed by atoms with Crippen molar-refractivity contribution in [1.29, 1.82) is 0 Å². The first-order chi connectivity index (χ1) is 9.61. The Morgan fingerprint density at radius 2 is 1.90 bits per heavy atom. The summed E-state index contributed by atoms with van der Waals surface area (Å²) < 4.78 is 18.8. The van der Waals surface area contributed by atoms with E-state index in [9.17, 15) is 14.5 Å². The molecule has 20 heavy (non-hydrogen) atoms. The van der Waals surface area contributed by atoms with E-state index in [0.29, 0.717) is 12.3 Å². The molecular weight excluding hydrogens is 263 g/mol. The number of nitro groups is 1. The molecule has 0 saturated heterocycles. The van der Waals surface area contributed by atoms with Crippen LogP contribution in [0, 0.1) is 15.9 Å². The summed E-state index contributed by atoms with van der Waals surface area (Å²) in [6, 6.07) is 10.7. The van der Waals surface area contributed by atoms with Gasteiger partial charge in [0.25, 0.3) is 0 Å². The standard InChI is InChI=1S/C14H13FN2O3/c15-12-2-1-3-13(14(12)17(18)19)20-11-6-4-10(5-7-11)8-9-16/h1-7H,8-9,16H2. The number of para-hydroxylation sites is 1. The van der Waals surface area contributed by atoms with E-state index in [4.69, 9.17) is 10.5 Å². The lowest BCUT2D eigenvalue weighted by atomic mass is 10.1. The molecule has 6 heteroatoms. The molecule has 0 bridgehead atoms. The molecule has 0 fully saturated rings. The zero-order valence-corrected chi connectivity index (χ0v) is 10.6. The van der Waals surface area contributed by atoms with Crippen molar-refractivity contribution >= 4 is 5.69 Å². The monoisotopic (exact) mass is 276 g/mol. The summed E-state index contributed by atoms with van der Waals surface area (Å²) in [4.78, 5) is 10.0. The van der Waals surface area contributed by atoms with Crippen LogP contribution < -0.4 is 10.5 Å². The van der Waals surface area contributed by atoms with Crippen molar-refractivity contribution in [1.82, 2.24) is 0 Å². The van der Waals surface area contributed by atoms with E-state index in [1.54, 1.807) is 12.1 Å². The van der Waals surface area contributed by atoms with E-state index < -0.39 is 16.4 Å². The summed E-state index contributed by atoms with van der Waals surface area (Å²) in [5.41, 5.74) is 5.81. The molecule has 104 valence electrons. The van der Waals surface area contributed by atoms with Crippen LogP contribution >= 0.6 is 0 Å². The maximum absolute atomic E-state index is 13.4. The summed E-state index contributed by atoms with van der Waals surface area (Å²) in [6.07, 6.45) is 0.737. The van der Waals surface area contributed by atoms with Gasteiger partial charge in [-0.1, -0.05) is 18.2 Å². The third-order valence-corrected chi connectivity index (χ3v) is 2.72. The number of hydrogen-bond donors (Lipinski definition) is 1. The SMILES string of the molecule is NCCc1ccc(Oc2cccc(F)c2[N+](=O)[O-])cc1. The minimum atomic E-state index is -0.924. The van der Waals surface area contributed by atoms with Gasteiger partial charge in [-0.2, -0.15) is 4.39 Å². The van der Waals surface area contributed by atoms with Gasteiger partial charge >= 0.3 is 5.69 Å². The van der Waals surface area contributed by atoms with E-state index in [1.165, 1.54) is 12.1 Å². The van der Waals surface area contributed by atoms with Gasteiger partial charge in [0, 0.05) is 0 Å². The molecular formula is C14H13FN2O3. The molecule has 2 N–H and O–H groups in total. The molecule has 0 heterocycles. The molecule has 5 nitrogen and oxygen atoms in total. The van der Waals surface area contributed by atoms with Crippen LogP contribution in [0.5, 0.6) is 11.5 Å². The summed E-state index contributed by atoms with van der Waals surface area (Å²) >= 11 is 0. The van der Waals surface area contributed by atoms with Crippen molar-refractivity contribution in [3.63, 3.8) is 0 Å². The van der Waals surface area contributed by atoms with Crippen molar-refractivity contribution in [2.45, 2.75) is 6.42 Å². The largest absolute Gasteiger partial charge is 0.450 e. The highest BCUT2D eigenvalue weighted by atomic mass is 19.1. The number of ether oxygens (including phenoxy) is 1. The third kappa shape index (κ3) is 3.10. The van der Waals surface area contributed by atoms with Crippen molar-refractivity contribution in [2.24, 2.45) is 5.73 Å². The van der Waals surface area contributed by atoms with Gasteiger partial charge in [0.15, 0.2) is 0 Å². The fraction of sp³-hybridized carbons (Fsp3) is 0.143. The van der Waals surface area contributed by atoms with Crippen molar-refractivity contribution < 1.29 is 14.1 Å². The Labute approximate surface area is 114 Å². The smallest absolute Gasteiger partial charge is 0.346 e. The summed E-state index contributed by atoms with van der Waals surface area (Å²) in [5, 5.41) is 10.8. The molecule has 0 unspecified atom stereocenters. The first kappa shape index (κ1) is 14.0. The van der Waals surface area contributed by atoms with Crippen molar-refractivity contribution in [2.75, 3.05) is 6.54 Å². The third-order valence-electron chi connectivity index (χ3n) is 2.72. The number of nitro benzene ring substituents is 1. The molecule has 0 aromatic heterocycles. The second-order valence-corrected chi connectivity index (χ2v) is 4.13. The summed E-state index contributed by atoms with van der Waals surface area (Å²) in [6.45, 7) is 0.537. The molecule has 2 rings (SSSR count). The van der Waals surface area contributed by atoms with E-state index in [2.05, 4.69) is 0 Å². The first-order valence-electron chi connectivity index (χ1n) is 6.01. The van der Waals surface area contributed by atoms with Crippen molar-refractivity contribution in [3.05, 3.63) is 64.0 Å². The second kappa shape index (κ2) is 6.12. The minimum absolute atomic E-state index is 0.124. The molecule has 0 spiro atoms. The fourth-order valence-electron chi connectivity index (χ4n) is 1.77. The maximum Gasteiger partial charge on any atom is 0.346 e. The molecule has 0 saturated carbocycles. The van der Waals surface area contributed by atoms with Crippen LogP contribution in [0.25, 0.3) is 0 Å². The topological polar surface area (TPSA) is 78.4 Å². The van der Waals surface area contributed by atoms with Gasteiger partial charge < -0.3 is 10.5 Å². The molecule has 0 atom stereocenters. The Morgan fingerprint density at radius 3 is 2.50 bits per heavy atom. The van der Waals surface area contributed by atoms with Crippen LogP contribution in [0.4, 0.5) is 10.1 Å². The van der Waals surface area contributed by atoms with Crippen LogP contribution in [-0.4, -0.2) is 11.5 Å². The van der Waals surface area contributed by atoms with Crippen molar-refractivity contribution in [3.8, 4) is 11.5 Å². The van der Waals surface area contributed by atoms with E-state index in [-0.39, 0.29) is 5.75 Å². The molecule has 0 radical (unpaired) electrons. The quantitative estimate of drug-likeness (QED) is 0.672. The minimum Gasteiger partial charge on any atom is -0.450 e. The average molecular weight is 276 g/mol. The second-order valence-electron chi connectivity index (χ2n) is 4.13. The molecule has 0 aliphatic carbocycles. The van der Waals surface area contributed by atoms with Gasteiger partial charge in [0.2, 0.25) is 11.6 Å². The van der Waals surface area contributed by atoms with Gasteiger partial charge in [-0.3, -0.25) is 10.1 Å². The van der Waals surface area contributed by atoms with Crippen LogP contribution in [0.3, 0.4) is 0 Å². The number of nitrogens with two attached hydrogens (primary N) is 1. The normalized spacial score (nSPS) is 10.3. The van der Waals surface area contributed by atoms with Crippen LogP contribution in [0.2, 0.25) is 0 Å². The summed E-state index contributed by atoms with van der Waals surface area (Å²) in [5.74, 6) is -0.645. The molecule has 2 aromatic carbocycles. The zero-order chi connectivity index (χ0) is 14.5. The van der Waals surface area contributed by atoms with Gasteiger partial charge in [0.1, 0.15) is 5.75 Å². The lowest BCUT2D eigenvalue weighted by Crippen LogP contribution is -2.02. The van der Waals surface area contributed by atoms with Gasteiger partial charge in [-0.05, 0) is 42.8 Å². The van der Waals surface area contributed by atoms with Gasteiger partial charge in [-0.25, -0.2) is 0 Å². The highest BCUT2D eigenvalue weighted by Crippen LogP contribution is 2.33. The maximum atomic E-state index is 13.4. The number of nitrogens with zero attached hydrogens (tertiary/aromatic N) is 1. The highest BCUT2D eigenvalue weighted by Gasteiger charge is 2.21. The summed E-state index contributed by atoms with van der Waals surface area (Å²) in [7, 11) is 0. The average Bonchev–Trinajstić information content (AvgIpc) is 2.41. The predicted octanol–water partition coefficient (Wildman–Crippen LogP) is 3.03. The molecule has 0 amide bonds. The molecule has 0 aliphatic rings. The number of hydrogen-bond acceptors (Lipinski definition) is 4. The van der Waals surface area contributed by atoms with Crippen LogP contribution in [0.1, 0.15) is 5.56 Å². The van der Waals surface area contributed by atoms with E-state index in [0.717, 1.165) is 18.1 Å². The predicted molar refractivity (Wildman–Crippen MR) is 72.3 cm³/mol. The van der Waals surface area contributed by atoms with E-state index >= 15 is 0 Å². The Bertz CT molecular complexity index is 614. The Kier molecular flexibility index (Phi) is 4.27. The lowest BCUT2D eigenvalue weighted by molar-refractivity contribution is -0.388. The lowest BCUT2D eigenvalue weighted by Gasteiger charge is -2.07. The molecule has 0 aliphatic heterocycles. The Hall–Kier alpha value is -2.47.